The number of urea groups is 1. The Balaban J connectivity index is 1.84. The molecule has 9 nitrogen and oxygen atoms in total. The largest absolute Gasteiger partial charge is 0.468 e. The molecule has 11 heteroatoms. The first kappa shape index (κ1) is 26.0. The van der Waals surface area contributed by atoms with Crippen molar-refractivity contribution >= 4 is 35.2 Å². The summed E-state index contributed by atoms with van der Waals surface area (Å²) < 4.78 is 11.4. The number of esters is 1. The molecule has 0 bridgehead atoms. The zero-order valence-corrected chi connectivity index (χ0v) is 21.2. The second-order valence-electron chi connectivity index (χ2n) is 8.54. The van der Waals surface area contributed by atoms with Crippen molar-refractivity contribution in [1.29, 1.82) is 0 Å². The molecule has 2 amide bonds. The Morgan fingerprint density at radius 1 is 1.17 bits per heavy atom. The number of piperidine rings is 1. The van der Waals surface area contributed by atoms with Gasteiger partial charge in [-0.3, -0.25) is 10.0 Å². The van der Waals surface area contributed by atoms with Crippen molar-refractivity contribution in [3.63, 3.8) is 0 Å². The molecular formula is C25H25Cl2N3O6. The summed E-state index contributed by atoms with van der Waals surface area (Å²) in [6.07, 6.45) is 0.354. The number of carbonyl (C=O) groups is 2. The number of hydrogen-bond donors (Lipinski definition) is 2. The Kier molecular flexibility index (Phi) is 7.56. The number of likely N-dealkylation sites (tertiary alicyclic amines) is 1. The number of halogens is 2. The molecule has 3 aromatic rings. The highest BCUT2D eigenvalue weighted by Crippen LogP contribution is 2.43. The lowest BCUT2D eigenvalue weighted by Gasteiger charge is -2.38. The number of aliphatic hydroxyl groups is 1. The lowest BCUT2D eigenvalue weighted by molar-refractivity contribution is -0.150. The lowest BCUT2D eigenvalue weighted by Crippen LogP contribution is -2.51. The van der Waals surface area contributed by atoms with Crippen molar-refractivity contribution in [1.82, 2.24) is 14.9 Å². The van der Waals surface area contributed by atoms with E-state index in [1.54, 1.807) is 42.5 Å². The van der Waals surface area contributed by atoms with Gasteiger partial charge in [0.05, 0.1) is 18.7 Å². The molecule has 1 aromatic heterocycles. The molecule has 2 heterocycles. The molecule has 0 aliphatic carbocycles. The maximum Gasteiger partial charge on any atom is 0.343 e. The number of hydrogen-bond acceptors (Lipinski definition) is 7. The van der Waals surface area contributed by atoms with E-state index in [-0.39, 0.29) is 38.4 Å². The summed E-state index contributed by atoms with van der Waals surface area (Å²) in [5.41, 5.74) is 1.16. The molecule has 1 saturated heterocycles. The number of nitrogens with zero attached hydrogens (tertiary/aromatic N) is 3. The summed E-state index contributed by atoms with van der Waals surface area (Å²) in [6.45, 7) is 0.251. The standard InChI is InChI=1S/C25H25Cl2N3O6/c1-29(34)24(33)30-11-9-25(10-12-30,23(32)35-2)22-28-20(16-5-3-15(14-31)4-6-16)21(36-22)18-8-7-17(26)13-19(18)27/h3-8,13,31,34H,9-12,14H2,1-2H3. The van der Waals surface area contributed by atoms with Crippen LogP contribution in [0.2, 0.25) is 10.0 Å². The highest BCUT2D eigenvalue weighted by Gasteiger charge is 2.49. The Labute approximate surface area is 217 Å². The number of methoxy groups -OCH3 is 1. The highest BCUT2D eigenvalue weighted by molar-refractivity contribution is 6.36. The van der Waals surface area contributed by atoms with Gasteiger partial charge in [0.15, 0.2) is 5.76 Å². The van der Waals surface area contributed by atoms with E-state index in [9.17, 15) is 19.9 Å². The van der Waals surface area contributed by atoms with Crippen LogP contribution in [0, 0.1) is 0 Å². The number of hydroxylamine groups is 2. The van der Waals surface area contributed by atoms with Crippen LogP contribution in [0.1, 0.15) is 24.3 Å². The molecule has 2 N–H and O–H groups in total. The molecule has 1 fully saturated rings. The van der Waals surface area contributed by atoms with E-state index in [2.05, 4.69) is 0 Å². The predicted octanol–water partition coefficient (Wildman–Crippen LogP) is 4.76. The molecule has 190 valence electrons. The first-order valence-electron chi connectivity index (χ1n) is 11.2. The van der Waals surface area contributed by atoms with Gasteiger partial charge < -0.3 is 19.2 Å². The number of aromatic nitrogens is 1. The fourth-order valence-corrected chi connectivity index (χ4v) is 4.82. The molecular weight excluding hydrogens is 509 g/mol. The number of benzene rings is 2. The smallest absolute Gasteiger partial charge is 0.343 e. The second kappa shape index (κ2) is 10.5. The molecule has 0 unspecified atom stereocenters. The molecule has 1 aliphatic heterocycles. The van der Waals surface area contributed by atoms with E-state index in [1.165, 1.54) is 19.1 Å². The third kappa shape index (κ3) is 4.79. The van der Waals surface area contributed by atoms with Gasteiger partial charge in [-0.25, -0.2) is 14.8 Å². The average Bonchev–Trinajstić information content (AvgIpc) is 3.33. The molecule has 0 saturated carbocycles. The Morgan fingerprint density at radius 2 is 1.83 bits per heavy atom. The molecule has 1 aliphatic rings. The summed E-state index contributed by atoms with van der Waals surface area (Å²) in [5, 5.41) is 20.3. The van der Waals surface area contributed by atoms with Gasteiger partial charge >= 0.3 is 12.0 Å². The van der Waals surface area contributed by atoms with Crippen molar-refractivity contribution in [3.05, 3.63) is 64.0 Å². The van der Waals surface area contributed by atoms with Crippen LogP contribution in [-0.2, 0) is 21.6 Å². The number of amides is 2. The van der Waals surface area contributed by atoms with Gasteiger partial charge in [-0.1, -0.05) is 47.5 Å². The molecule has 0 atom stereocenters. The lowest BCUT2D eigenvalue weighted by atomic mass is 9.78. The van der Waals surface area contributed by atoms with Crippen LogP contribution in [0.5, 0.6) is 0 Å². The van der Waals surface area contributed by atoms with Crippen LogP contribution in [-0.4, -0.2) is 64.5 Å². The highest BCUT2D eigenvalue weighted by atomic mass is 35.5. The first-order chi connectivity index (χ1) is 17.2. The number of aliphatic hydroxyl groups excluding tert-OH is 1. The Bertz CT molecular complexity index is 1270. The number of carbonyl (C=O) groups excluding carboxylic acids is 2. The summed E-state index contributed by atoms with van der Waals surface area (Å²) >= 11 is 12.6. The van der Waals surface area contributed by atoms with Crippen molar-refractivity contribution in [2.45, 2.75) is 24.9 Å². The molecule has 4 rings (SSSR count). The van der Waals surface area contributed by atoms with Gasteiger partial charge in [-0.2, -0.15) is 0 Å². The van der Waals surface area contributed by atoms with Gasteiger partial charge in [0, 0.05) is 36.3 Å². The van der Waals surface area contributed by atoms with Gasteiger partial charge in [0.2, 0.25) is 5.89 Å². The van der Waals surface area contributed by atoms with Gasteiger partial charge in [-0.15, -0.1) is 0 Å². The maximum atomic E-state index is 13.1. The van der Waals surface area contributed by atoms with Crippen molar-refractivity contribution in [2.75, 3.05) is 27.2 Å². The van der Waals surface area contributed by atoms with Crippen LogP contribution >= 0.6 is 23.2 Å². The first-order valence-corrected chi connectivity index (χ1v) is 11.9. The maximum absolute atomic E-state index is 13.1. The third-order valence-electron chi connectivity index (χ3n) is 6.36. The summed E-state index contributed by atoms with van der Waals surface area (Å²) in [7, 11) is 2.53. The number of oxazole rings is 1. The average molecular weight is 534 g/mol. The fourth-order valence-electron chi connectivity index (χ4n) is 4.33. The SMILES string of the molecule is COC(=O)C1(c2nc(-c3ccc(CO)cc3)c(-c3ccc(Cl)cc3Cl)o2)CCN(C(=O)N(C)O)CC1. The summed E-state index contributed by atoms with van der Waals surface area (Å²) in [6, 6.07) is 11.5. The zero-order valence-electron chi connectivity index (χ0n) is 19.7. The second-order valence-corrected chi connectivity index (χ2v) is 9.39. The van der Waals surface area contributed by atoms with Crippen LogP contribution in [0.4, 0.5) is 4.79 Å². The third-order valence-corrected chi connectivity index (χ3v) is 6.91. The monoisotopic (exact) mass is 533 g/mol. The van der Waals surface area contributed by atoms with E-state index in [4.69, 9.17) is 37.3 Å². The minimum atomic E-state index is -1.25. The van der Waals surface area contributed by atoms with E-state index in [0.29, 0.717) is 37.7 Å². The quantitative estimate of drug-likeness (QED) is 0.276. The molecule has 0 spiro atoms. The predicted molar refractivity (Wildman–Crippen MR) is 133 cm³/mol. The van der Waals surface area contributed by atoms with Crippen LogP contribution in [0.15, 0.2) is 46.9 Å². The Morgan fingerprint density at radius 3 is 2.39 bits per heavy atom. The van der Waals surface area contributed by atoms with Crippen molar-refractivity contribution < 1.29 is 29.1 Å². The molecule has 36 heavy (non-hydrogen) atoms. The summed E-state index contributed by atoms with van der Waals surface area (Å²) in [5.74, 6) is -0.0505. The van der Waals surface area contributed by atoms with Gasteiger partial charge in [-0.05, 0) is 36.6 Å². The number of rotatable bonds is 5. The number of ether oxygens (including phenoxy) is 1. The van der Waals surface area contributed by atoms with E-state index < -0.39 is 17.4 Å². The molecule has 0 radical (unpaired) electrons. The minimum absolute atomic E-state index is 0.107. The fraction of sp³-hybridized carbons (Fsp3) is 0.320. The van der Waals surface area contributed by atoms with Crippen LogP contribution in [0.3, 0.4) is 0 Å². The van der Waals surface area contributed by atoms with Crippen molar-refractivity contribution in [2.24, 2.45) is 0 Å². The van der Waals surface area contributed by atoms with E-state index in [1.807, 2.05) is 0 Å². The zero-order chi connectivity index (χ0) is 26.0. The van der Waals surface area contributed by atoms with Gasteiger partial charge in [0.25, 0.3) is 0 Å². The summed E-state index contributed by atoms with van der Waals surface area (Å²) in [4.78, 5) is 31.6. The van der Waals surface area contributed by atoms with Gasteiger partial charge in [0.1, 0.15) is 11.1 Å². The normalized spacial score (nSPS) is 15.0. The minimum Gasteiger partial charge on any atom is -0.468 e. The molecule has 2 aromatic carbocycles. The van der Waals surface area contributed by atoms with E-state index in [0.717, 1.165) is 5.56 Å². The topological polar surface area (TPSA) is 116 Å². The van der Waals surface area contributed by atoms with E-state index >= 15 is 0 Å². The van der Waals surface area contributed by atoms with Crippen molar-refractivity contribution in [3.8, 4) is 22.6 Å². The Hall–Kier alpha value is -3.11. The van der Waals surface area contributed by atoms with Crippen LogP contribution < -0.4 is 0 Å². The van der Waals surface area contributed by atoms with Crippen LogP contribution in [0.25, 0.3) is 22.6 Å².